The Bertz CT molecular complexity index is 1110. The molecule has 1 saturated heterocycles. The van der Waals surface area contributed by atoms with E-state index in [0.717, 1.165) is 36.2 Å². The molecule has 1 aromatic heterocycles. The van der Waals surface area contributed by atoms with Gasteiger partial charge in [-0.25, -0.2) is 14.2 Å². The van der Waals surface area contributed by atoms with Crippen LogP contribution in [0.2, 0.25) is 5.02 Å². The summed E-state index contributed by atoms with van der Waals surface area (Å²) in [7, 11) is 0. The molecule has 2 fully saturated rings. The highest BCUT2D eigenvalue weighted by Crippen LogP contribution is 2.43. The topological polar surface area (TPSA) is 62.7 Å². The average Bonchev–Trinajstić information content (AvgIpc) is 3.55. The third-order valence-corrected chi connectivity index (χ3v) is 6.78. The maximum atomic E-state index is 14.4. The predicted octanol–water partition coefficient (Wildman–Crippen LogP) is 6.57. The number of nitrogens with zero attached hydrogens (tertiary/aromatic N) is 2. The van der Waals surface area contributed by atoms with Gasteiger partial charge in [0.05, 0.1) is 22.3 Å². The van der Waals surface area contributed by atoms with Gasteiger partial charge in [0.15, 0.2) is 0 Å². The van der Waals surface area contributed by atoms with E-state index in [1.165, 1.54) is 12.1 Å². The fraction of sp³-hybridized carbons (Fsp3) is 0.500. The molecule has 2 heterocycles. The molecule has 4 rings (SSSR count). The number of aromatic nitrogens is 1. The maximum Gasteiger partial charge on any atom is 0.418 e. The molecule has 0 amide bonds. The highest BCUT2D eigenvalue weighted by Gasteiger charge is 2.39. The summed E-state index contributed by atoms with van der Waals surface area (Å²) >= 11 is 5.65. The Morgan fingerprint density at radius 2 is 1.94 bits per heavy atom. The lowest BCUT2D eigenvalue weighted by Crippen LogP contribution is -2.50. The number of carboxylic acids is 1. The Morgan fingerprint density at radius 3 is 2.51 bits per heavy atom. The first kappa shape index (κ1) is 27.5. The first-order valence-electron chi connectivity index (χ1n) is 11.0. The number of alkyl halides is 3. The smallest absolute Gasteiger partial charge is 0.418 e. The molecule has 1 aliphatic heterocycles. The number of benzene rings is 1. The van der Waals surface area contributed by atoms with Crippen molar-refractivity contribution in [2.75, 3.05) is 13.1 Å². The highest BCUT2D eigenvalue weighted by molar-refractivity contribution is 6.31. The maximum absolute atomic E-state index is 14.4. The molecule has 2 aromatic rings. The largest absolute Gasteiger partial charge is 0.478 e. The first-order chi connectivity index (χ1) is 15.8. The van der Waals surface area contributed by atoms with Crippen molar-refractivity contribution in [3.05, 3.63) is 57.5 Å². The summed E-state index contributed by atoms with van der Waals surface area (Å²) in [5, 5.41) is 8.78. The van der Waals surface area contributed by atoms with E-state index in [0.29, 0.717) is 26.1 Å². The van der Waals surface area contributed by atoms with Crippen LogP contribution >= 0.6 is 24.0 Å². The van der Waals surface area contributed by atoms with E-state index < -0.39 is 34.0 Å². The van der Waals surface area contributed by atoms with Gasteiger partial charge in [-0.05, 0) is 48.4 Å². The number of aromatic carboxylic acids is 1. The number of hydrogen-bond donors (Lipinski definition) is 1. The molecule has 0 radical (unpaired) electrons. The fourth-order valence-electron chi connectivity index (χ4n) is 4.60. The van der Waals surface area contributed by atoms with Crippen LogP contribution in [-0.2, 0) is 12.7 Å². The van der Waals surface area contributed by atoms with E-state index in [-0.39, 0.29) is 35.9 Å². The van der Waals surface area contributed by atoms with Gasteiger partial charge in [-0.1, -0.05) is 25.4 Å². The highest BCUT2D eigenvalue weighted by atomic mass is 35.5. The lowest BCUT2D eigenvalue weighted by atomic mass is 9.80. The van der Waals surface area contributed by atoms with Crippen molar-refractivity contribution < 1.29 is 32.2 Å². The zero-order valence-electron chi connectivity index (χ0n) is 19.2. The molecule has 5 nitrogen and oxygen atoms in total. The lowest BCUT2D eigenvalue weighted by molar-refractivity contribution is -0.137. The fourth-order valence-corrected chi connectivity index (χ4v) is 4.81. The number of halogens is 6. The van der Waals surface area contributed by atoms with Crippen molar-refractivity contribution in [1.29, 1.82) is 0 Å². The van der Waals surface area contributed by atoms with Gasteiger partial charge in [0, 0.05) is 31.1 Å². The minimum Gasteiger partial charge on any atom is -0.478 e. The van der Waals surface area contributed by atoms with Gasteiger partial charge >= 0.3 is 12.1 Å². The van der Waals surface area contributed by atoms with E-state index in [2.05, 4.69) is 9.88 Å². The van der Waals surface area contributed by atoms with Crippen LogP contribution in [0.15, 0.2) is 24.4 Å². The summed E-state index contributed by atoms with van der Waals surface area (Å²) in [6.07, 6.45) is -1.61. The number of ether oxygens (including phenoxy) is 1. The number of rotatable bonds is 6. The van der Waals surface area contributed by atoms with Crippen LogP contribution in [0.1, 0.15) is 66.1 Å². The second kappa shape index (κ2) is 10.1. The normalized spacial score (nSPS) is 20.3. The molecule has 0 bridgehead atoms. The van der Waals surface area contributed by atoms with Gasteiger partial charge in [-0.15, -0.1) is 12.4 Å². The quantitative estimate of drug-likeness (QED) is 0.423. The van der Waals surface area contributed by atoms with Crippen molar-refractivity contribution in [2.24, 2.45) is 5.41 Å². The molecule has 1 atom stereocenters. The van der Waals surface area contributed by atoms with Gasteiger partial charge < -0.3 is 9.84 Å². The number of carbonyl (C=O) groups is 1. The van der Waals surface area contributed by atoms with E-state index in [9.17, 15) is 27.5 Å². The number of piperidine rings is 1. The number of hydrogen-bond acceptors (Lipinski definition) is 4. The third kappa shape index (κ3) is 6.19. The summed E-state index contributed by atoms with van der Waals surface area (Å²) in [5.41, 5.74) is -0.0907. The van der Waals surface area contributed by atoms with Crippen molar-refractivity contribution in [3.8, 4) is 5.88 Å². The molecule has 1 aliphatic carbocycles. The van der Waals surface area contributed by atoms with Gasteiger partial charge in [0.2, 0.25) is 5.88 Å². The van der Waals surface area contributed by atoms with Crippen LogP contribution in [0.25, 0.3) is 0 Å². The Balaban J connectivity index is 0.00000342. The van der Waals surface area contributed by atoms with E-state index in [1.807, 2.05) is 13.8 Å². The SMILES string of the molecule is CC1(C)CN(Cc2cc(F)c(C(=O)O)cc2C2CC2)CCC1Oc1cc(C(F)(F)F)c(Cl)cn1.Cl. The molecule has 1 aromatic carbocycles. The van der Waals surface area contributed by atoms with Crippen LogP contribution in [-0.4, -0.2) is 40.2 Å². The van der Waals surface area contributed by atoms with E-state index in [4.69, 9.17) is 16.3 Å². The Kier molecular flexibility index (Phi) is 7.94. The van der Waals surface area contributed by atoms with Crippen molar-refractivity contribution >= 4 is 30.0 Å². The van der Waals surface area contributed by atoms with Gasteiger partial charge in [0.1, 0.15) is 11.9 Å². The van der Waals surface area contributed by atoms with E-state index in [1.54, 1.807) is 0 Å². The molecule has 0 spiro atoms. The van der Waals surface area contributed by atoms with Crippen LogP contribution in [0.4, 0.5) is 17.6 Å². The zero-order chi connectivity index (χ0) is 24.8. The van der Waals surface area contributed by atoms with Gasteiger partial charge in [0.25, 0.3) is 0 Å². The predicted molar refractivity (Wildman–Crippen MR) is 125 cm³/mol. The lowest BCUT2D eigenvalue weighted by Gasteiger charge is -2.44. The molecule has 35 heavy (non-hydrogen) atoms. The number of carboxylic acid groups (broad SMARTS) is 1. The van der Waals surface area contributed by atoms with Crippen LogP contribution in [0.5, 0.6) is 5.88 Å². The molecule has 192 valence electrons. The second-order valence-corrected chi connectivity index (χ2v) is 10.1. The molecule has 1 saturated carbocycles. The van der Waals surface area contributed by atoms with Crippen molar-refractivity contribution in [1.82, 2.24) is 9.88 Å². The summed E-state index contributed by atoms with van der Waals surface area (Å²) in [6, 6.07) is 3.60. The van der Waals surface area contributed by atoms with Crippen molar-refractivity contribution in [2.45, 2.75) is 57.9 Å². The Hall–Kier alpha value is -2.10. The van der Waals surface area contributed by atoms with Crippen LogP contribution < -0.4 is 4.74 Å². The minimum absolute atomic E-state index is 0. The second-order valence-electron chi connectivity index (χ2n) is 9.70. The summed E-state index contributed by atoms with van der Waals surface area (Å²) < 4.78 is 59.8. The summed E-state index contributed by atoms with van der Waals surface area (Å²) in [4.78, 5) is 17.4. The third-order valence-electron chi connectivity index (χ3n) is 6.48. The standard InChI is InChI=1S/C24H25ClF4N2O3.ClH/c1-23(2)12-31(11-14-7-19(26)16(22(32)33)8-15(14)13-3-4-13)6-5-20(23)34-21-9-17(24(27,28)29)18(25)10-30-21;/h7-10,13,20H,3-6,11-12H2,1-2H3,(H,32,33);1H. The molecular formula is C24H26Cl2F4N2O3. The summed E-state index contributed by atoms with van der Waals surface area (Å²) in [5.74, 6) is -1.92. The molecular weight excluding hydrogens is 511 g/mol. The monoisotopic (exact) mass is 536 g/mol. The van der Waals surface area contributed by atoms with Crippen LogP contribution in [0, 0.1) is 11.2 Å². The van der Waals surface area contributed by atoms with E-state index >= 15 is 0 Å². The van der Waals surface area contributed by atoms with Gasteiger partial charge in [-0.2, -0.15) is 13.2 Å². The minimum atomic E-state index is -4.61. The summed E-state index contributed by atoms with van der Waals surface area (Å²) in [6.45, 7) is 5.51. The molecule has 1 N–H and O–H groups in total. The van der Waals surface area contributed by atoms with Crippen LogP contribution in [0.3, 0.4) is 0 Å². The number of likely N-dealkylation sites (tertiary alicyclic amines) is 1. The zero-order valence-corrected chi connectivity index (χ0v) is 20.7. The molecule has 1 unspecified atom stereocenters. The Labute approximate surface area is 211 Å². The average molecular weight is 537 g/mol. The molecule has 11 heteroatoms. The van der Waals surface area contributed by atoms with Gasteiger partial charge in [-0.3, -0.25) is 4.90 Å². The number of pyridine rings is 1. The Morgan fingerprint density at radius 1 is 1.26 bits per heavy atom. The first-order valence-corrected chi connectivity index (χ1v) is 11.4. The molecule has 2 aliphatic rings. The van der Waals surface area contributed by atoms with Crippen molar-refractivity contribution in [3.63, 3.8) is 0 Å².